The molecule has 1 saturated carbocycles. The maximum absolute atomic E-state index is 12.7. The van der Waals surface area contributed by atoms with Crippen LogP contribution in [0.15, 0.2) is 41.3 Å². The van der Waals surface area contributed by atoms with Gasteiger partial charge in [0.15, 0.2) is 0 Å². The lowest BCUT2D eigenvalue weighted by Crippen LogP contribution is -2.32. The highest BCUT2D eigenvalue weighted by Crippen LogP contribution is 2.39. The average molecular weight is 425 g/mol. The van der Waals surface area contributed by atoms with E-state index in [1.54, 1.807) is 18.2 Å². The summed E-state index contributed by atoms with van der Waals surface area (Å²) in [6.45, 7) is 0.159. The van der Waals surface area contributed by atoms with Crippen molar-refractivity contribution >= 4 is 45.0 Å². The van der Waals surface area contributed by atoms with E-state index >= 15 is 0 Å². The monoisotopic (exact) mass is 424 g/mol. The summed E-state index contributed by atoms with van der Waals surface area (Å²) in [5.74, 6) is -0.983. The second-order valence-corrected chi connectivity index (χ2v) is 9.09. The minimum absolute atomic E-state index is 0.110. The Morgan fingerprint density at radius 2 is 1.89 bits per heavy atom. The summed E-state index contributed by atoms with van der Waals surface area (Å²) >= 11 is 11.9. The number of rotatable bonds is 4. The molecule has 1 aliphatic carbocycles. The minimum Gasteiger partial charge on any atom is -0.348 e. The fourth-order valence-electron chi connectivity index (χ4n) is 3.00. The highest BCUT2D eigenvalue weighted by molar-refractivity contribution is 7.90. The van der Waals surface area contributed by atoms with Gasteiger partial charge in [-0.15, -0.1) is 0 Å². The van der Waals surface area contributed by atoms with Crippen LogP contribution in [-0.2, 0) is 16.6 Å². The Morgan fingerprint density at radius 1 is 1.15 bits per heavy atom. The van der Waals surface area contributed by atoms with Gasteiger partial charge in [0.05, 0.1) is 5.56 Å². The summed E-state index contributed by atoms with van der Waals surface area (Å²) < 4.78 is 26.2. The van der Waals surface area contributed by atoms with E-state index < -0.39 is 21.8 Å². The highest BCUT2D eigenvalue weighted by Gasteiger charge is 2.48. The van der Waals surface area contributed by atoms with E-state index in [0.29, 0.717) is 28.5 Å². The van der Waals surface area contributed by atoms with Crippen LogP contribution in [0.5, 0.6) is 0 Å². The maximum atomic E-state index is 12.7. The first-order valence-electron chi connectivity index (χ1n) is 8.24. The molecule has 2 amide bonds. The molecule has 6 nitrogen and oxygen atoms in total. The fraction of sp³-hybridized carbons (Fsp3) is 0.222. The van der Waals surface area contributed by atoms with Gasteiger partial charge in [0.25, 0.3) is 21.8 Å². The van der Waals surface area contributed by atoms with Gasteiger partial charge < -0.3 is 5.32 Å². The number of sulfonamides is 1. The zero-order valence-electron chi connectivity index (χ0n) is 13.9. The molecule has 27 heavy (non-hydrogen) atoms. The molecule has 0 bridgehead atoms. The van der Waals surface area contributed by atoms with Gasteiger partial charge in [0, 0.05) is 28.2 Å². The SMILES string of the molecule is O=C(NCc1ccc(Cl)cc1Cl)c1ccc2c(c1)S(=O)(=O)N(C1CC1)C2=O. The molecule has 2 aliphatic rings. The Balaban J connectivity index is 1.57. The van der Waals surface area contributed by atoms with Crippen molar-refractivity contribution in [2.45, 2.75) is 30.3 Å². The van der Waals surface area contributed by atoms with Gasteiger partial charge in [-0.2, -0.15) is 0 Å². The molecule has 140 valence electrons. The molecule has 0 radical (unpaired) electrons. The van der Waals surface area contributed by atoms with Gasteiger partial charge in [0.1, 0.15) is 4.90 Å². The van der Waals surface area contributed by atoms with Crippen molar-refractivity contribution in [1.82, 2.24) is 9.62 Å². The van der Waals surface area contributed by atoms with Crippen molar-refractivity contribution in [2.75, 3.05) is 0 Å². The van der Waals surface area contributed by atoms with Crippen molar-refractivity contribution in [1.29, 1.82) is 0 Å². The second kappa shape index (κ2) is 6.51. The largest absolute Gasteiger partial charge is 0.348 e. The average Bonchev–Trinajstić information content (AvgIpc) is 3.42. The van der Waals surface area contributed by atoms with Gasteiger partial charge in [0.2, 0.25) is 0 Å². The topological polar surface area (TPSA) is 83.6 Å². The molecule has 1 fully saturated rings. The summed E-state index contributed by atoms with van der Waals surface area (Å²) in [6.07, 6.45) is 1.35. The molecular formula is C18H14Cl2N2O4S. The van der Waals surface area contributed by atoms with E-state index in [4.69, 9.17) is 23.2 Å². The molecular weight excluding hydrogens is 411 g/mol. The number of benzene rings is 2. The first-order chi connectivity index (χ1) is 12.8. The van der Waals surface area contributed by atoms with Crippen LogP contribution in [0.25, 0.3) is 0 Å². The maximum Gasteiger partial charge on any atom is 0.269 e. The predicted octanol–water partition coefficient (Wildman–Crippen LogP) is 3.23. The van der Waals surface area contributed by atoms with Crippen LogP contribution >= 0.6 is 23.2 Å². The number of carbonyl (C=O) groups excluding carboxylic acids is 2. The van der Waals surface area contributed by atoms with Crippen molar-refractivity contribution in [3.63, 3.8) is 0 Å². The Hall–Kier alpha value is -2.09. The Kier molecular flexibility index (Phi) is 4.41. The lowest BCUT2D eigenvalue weighted by Gasteiger charge is -2.13. The third-order valence-corrected chi connectivity index (χ3v) is 7.01. The molecule has 1 N–H and O–H groups in total. The molecule has 2 aromatic carbocycles. The molecule has 0 unspecified atom stereocenters. The Morgan fingerprint density at radius 3 is 2.56 bits per heavy atom. The number of halogens is 2. The smallest absolute Gasteiger partial charge is 0.269 e. The highest BCUT2D eigenvalue weighted by atomic mass is 35.5. The second-order valence-electron chi connectivity index (χ2n) is 6.47. The number of nitrogens with zero attached hydrogens (tertiary/aromatic N) is 1. The Bertz CT molecular complexity index is 1080. The van der Waals surface area contributed by atoms with Crippen molar-refractivity contribution in [3.8, 4) is 0 Å². The standard InChI is InChI=1S/C18H14Cl2N2O4S/c19-12-3-1-11(15(20)8-12)9-21-17(23)10-2-6-14-16(7-10)27(25,26)22(18(14)24)13-4-5-13/h1-3,6-8,13H,4-5,9H2,(H,21,23). The normalized spacial score (nSPS) is 17.7. The number of carbonyl (C=O) groups is 2. The predicted molar refractivity (Wildman–Crippen MR) is 100 cm³/mol. The van der Waals surface area contributed by atoms with Gasteiger partial charge in [-0.25, -0.2) is 12.7 Å². The van der Waals surface area contributed by atoms with Crippen LogP contribution in [0.3, 0.4) is 0 Å². The third kappa shape index (κ3) is 3.20. The van der Waals surface area contributed by atoms with E-state index in [-0.39, 0.29) is 28.6 Å². The number of hydrogen-bond acceptors (Lipinski definition) is 4. The van der Waals surface area contributed by atoms with Crippen LogP contribution < -0.4 is 5.32 Å². The first kappa shape index (κ1) is 18.3. The molecule has 1 heterocycles. The van der Waals surface area contributed by atoms with E-state index in [2.05, 4.69) is 5.32 Å². The zero-order valence-corrected chi connectivity index (χ0v) is 16.2. The molecule has 2 aromatic rings. The van der Waals surface area contributed by atoms with Crippen LogP contribution in [-0.4, -0.2) is 30.6 Å². The summed E-state index contributed by atoms with van der Waals surface area (Å²) in [6, 6.07) is 8.76. The summed E-state index contributed by atoms with van der Waals surface area (Å²) in [5, 5.41) is 3.60. The van der Waals surface area contributed by atoms with Gasteiger partial charge >= 0.3 is 0 Å². The number of fused-ring (bicyclic) bond motifs is 1. The molecule has 0 saturated heterocycles. The Labute approximate surface area is 166 Å². The van der Waals surface area contributed by atoms with Gasteiger partial charge in [-0.3, -0.25) is 9.59 Å². The van der Waals surface area contributed by atoms with Crippen LogP contribution in [0.4, 0.5) is 0 Å². The van der Waals surface area contributed by atoms with Crippen molar-refractivity contribution in [2.24, 2.45) is 0 Å². The van der Waals surface area contributed by atoms with E-state index in [9.17, 15) is 18.0 Å². The molecule has 0 atom stereocenters. The van der Waals surface area contributed by atoms with Crippen LogP contribution in [0.2, 0.25) is 10.0 Å². The van der Waals surface area contributed by atoms with E-state index in [1.807, 2.05) is 0 Å². The lowest BCUT2D eigenvalue weighted by atomic mass is 10.1. The van der Waals surface area contributed by atoms with Gasteiger partial charge in [-0.05, 0) is 48.7 Å². The van der Waals surface area contributed by atoms with Gasteiger partial charge in [-0.1, -0.05) is 29.3 Å². The fourth-order valence-corrected chi connectivity index (χ4v) is 5.32. The van der Waals surface area contributed by atoms with Crippen LogP contribution in [0, 0.1) is 0 Å². The third-order valence-electron chi connectivity index (χ3n) is 4.54. The molecule has 9 heteroatoms. The number of nitrogens with one attached hydrogen (secondary N) is 1. The summed E-state index contributed by atoms with van der Waals surface area (Å²) in [4.78, 5) is 24.7. The molecule has 0 spiro atoms. The lowest BCUT2D eigenvalue weighted by molar-refractivity contribution is 0.0863. The number of hydrogen-bond donors (Lipinski definition) is 1. The minimum atomic E-state index is -3.90. The molecule has 4 rings (SSSR count). The first-order valence-corrected chi connectivity index (χ1v) is 10.4. The summed E-state index contributed by atoms with van der Waals surface area (Å²) in [7, 11) is -3.90. The summed E-state index contributed by atoms with van der Waals surface area (Å²) in [5.41, 5.74) is 0.949. The van der Waals surface area contributed by atoms with Crippen LogP contribution in [0.1, 0.15) is 39.1 Å². The molecule has 1 aliphatic heterocycles. The van der Waals surface area contributed by atoms with Crippen molar-refractivity contribution in [3.05, 3.63) is 63.1 Å². The zero-order chi connectivity index (χ0) is 19.3. The van der Waals surface area contributed by atoms with E-state index in [0.717, 1.165) is 4.31 Å². The van der Waals surface area contributed by atoms with E-state index in [1.165, 1.54) is 18.2 Å². The quantitative estimate of drug-likeness (QED) is 0.816. The number of amides is 2. The molecule has 0 aromatic heterocycles. The van der Waals surface area contributed by atoms with Crippen molar-refractivity contribution < 1.29 is 18.0 Å².